The second-order valence-corrected chi connectivity index (χ2v) is 7.01. The van der Waals surface area contributed by atoms with Crippen LogP contribution >= 0.6 is 15.9 Å². The van der Waals surface area contributed by atoms with Gasteiger partial charge in [-0.2, -0.15) is 0 Å². The first-order valence-corrected chi connectivity index (χ1v) is 9.01. The Balaban J connectivity index is 2.21. The molecule has 1 aliphatic heterocycles. The van der Waals surface area contributed by atoms with Crippen LogP contribution in [0.2, 0.25) is 0 Å². The Morgan fingerprint density at radius 1 is 1.29 bits per heavy atom. The van der Waals surface area contributed by atoms with Crippen molar-refractivity contribution in [2.75, 3.05) is 44.7 Å². The molecular formula is C18H22BrN3O2. The van der Waals surface area contributed by atoms with Gasteiger partial charge in [-0.25, -0.2) is 4.79 Å². The smallest absolute Gasteiger partial charge is 0.342 e. The lowest BCUT2D eigenvalue weighted by Gasteiger charge is -2.35. The van der Waals surface area contributed by atoms with E-state index in [0.29, 0.717) is 12.2 Å². The third kappa shape index (κ3) is 3.26. The van der Waals surface area contributed by atoms with Gasteiger partial charge < -0.3 is 14.5 Å². The number of hydrogen-bond acceptors (Lipinski definition) is 5. The highest BCUT2D eigenvalue weighted by atomic mass is 79.9. The maximum Gasteiger partial charge on any atom is 0.342 e. The highest BCUT2D eigenvalue weighted by molar-refractivity contribution is 9.10. The zero-order valence-corrected chi connectivity index (χ0v) is 15.9. The molecule has 24 heavy (non-hydrogen) atoms. The van der Waals surface area contributed by atoms with Gasteiger partial charge in [-0.05, 0) is 39.1 Å². The number of aromatic nitrogens is 1. The molecule has 1 aromatic heterocycles. The van der Waals surface area contributed by atoms with Crippen molar-refractivity contribution < 1.29 is 9.53 Å². The second kappa shape index (κ2) is 7.07. The van der Waals surface area contributed by atoms with Crippen molar-refractivity contribution in [2.24, 2.45) is 0 Å². The zero-order chi connectivity index (χ0) is 17.3. The molecule has 1 fully saturated rings. The largest absolute Gasteiger partial charge is 0.462 e. The van der Waals surface area contributed by atoms with Crippen molar-refractivity contribution in [3.8, 4) is 0 Å². The molecule has 6 heteroatoms. The van der Waals surface area contributed by atoms with E-state index in [-0.39, 0.29) is 5.97 Å². The van der Waals surface area contributed by atoms with E-state index in [1.807, 2.05) is 32.0 Å². The van der Waals surface area contributed by atoms with Crippen LogP contribution in [0.3, 0.4) is 0 Å². The molecule has 1 saturated heterocycles. The SMILES string of the molecule is CCOC(=O)c1c(C)nc2ccc(Br)cc2c1N1CCN(C)CC1. The van der Waals surface area contributed by atoms with Crippen molar-refractivity contribution in [3.05, 3.63) is 33.9 Å². The van der Waals surface area contributed by atoms with Gasteiger partial charge in [0.1, 0.15) is 5.56 Å². The van der Waals surface area contributed by atoms with Crippen molar-refractivity contribution in [1.82, 2.24) is 9.88 Å². The fourth-order valence-corrected chi connectivity index (χ4v) is 3.51. The van der Waals surface area contributed by atoms with Crippen LogP contribution in [0.15, 0.2) is 22.7 Å². The van der Waals surface area contributed by atoms with Gasteiger partial charge in [0.05, 0.1) is 23.5 Å². The number of nitrogens with zero attached hydrogens (tertiary/aromatic N) is 3. The van der Waals surface area contributed by atoms with Gasteiger partial charge in [0.15, 0.2) is 0 Å². The normalized spacial score (nSPS) is 15.8. The molecule has 0 aliphatic carbocycles. The summed E-state index contributed by atoms with van der Waals surface area (Å²) in [7, 11) is 2.12. The van der Waals surface area contributed by atoms with Crippen molar-refractivity contribution >= 4 is 38.5 Å². The van der Waals surface area contributed by atoms with Crippen molar-refractivity contribution in [3.63, 3.8) is 0 Å². The number of anilines is 1. The van der Waals surface area contributed by atoms with Gasteiger partial charge in [-0.3, -0.25) is 4.98 Å². The second-order valence-electron chi connectivity index (χ2n) is 6.09. The number of carbonyl (C=O) groups is 1. The van der Waals surface area contributed by atoms with E-state index < -0.39 is 0 Å². The third-order valence-electron chi connectivity index (χ3n) is 4.40. The third-order valence-corrected chi connectivity index (χ3v) is 4.89. The summed E-state index contributed by atoms with van der Waals surface area (Å²) in [6, 6.07) is 6.01. The molecular weight excluding hydrogens is 370 g/mol. The Labute approximate surface area is 150 Å². The predicted octanol–water partition coefficient (Wildman–Crippen LogP) is 3.23. The minimum Gasteiger partial charge on any atom is -0.462 e. The van der Waals surface area contributed by atoms with E-state index in [0.717, 1.165) is 52.9 Å². The van der Waals surface area contributed by atoms with E-state index >= 15 is 0 Å². The molecule has 0 unspecified atom stereocenters. The minimum absolute atomic E-state index is 0.293. The number of esters is 1. The Kier molecular flexibility index (Phi) is 5.06. The number of hydrogen-bond donors (Lipinski definition) is 0. The first-order valence-electron chi connectivity index (χ1n) is 8.21. The van der Waals surface area contributed by atoms with E-state index in [9.17, 15) is 4.79 Å². The quantitative estimate of drug-likeness (QED) is 0.751. The lowest BCUT2D eigenvalue weighted by Crippen LogP contribution is -2.45. The molecule has 128 valence electrons. The number of benzene rings is 1. The molecule has 0 atom stereocenters. The van der Waals surface area contributed by atoms with E-state index in [2.05, 4.69) is 37.8 Å². The van der Waals surface area contributed by atoms with Gasteiger partial charge in [0, 0.05) is 36.0 Å². The predicted molar refractivity (Wildman–Crippen MR) is 99.8 cm³/mol. The highest BCUT2D eigenvalue weighted by Crippen LogP contribution is 2.34. The number of ether oxygens (including phenoxy) is 1. The molecule has 2 aromatic rings. The monoisotopic (exact) mass is 391 g/mol. The molecule has 5 nitrogen and oxygen atoms in total. The molecule has 0 amide bonds. The van der Waals surface area contributed by atoms with Gasteiger partial charge in [-0.1, -0.05) is 15.9 Å². The van der Waals surface area contributed by atoms with Crippen LogP contribution in [0, 0.1) is 6.92 Å². The fraction of sp³-hybridized carbons (Fsp3) is 0.444. The zero-order valence-electron chi connectivity index (χ0n) is 14.3. The number of pyridine rings is 1. The molecule has 0 spiro atoms. The molecule has 3 rings (SSSR count). The van der Waals surface area contributed by atoms with Crippen LogP contribution in [0.5, 0.6) is 0 Å². The number of fused-ring (bicyclic) bond motifs is 1. The van der Waals surface area contributed by atoms with Crippen molar-refractivity contribution in [1.29, 1.82) is 0 Å². The number of likely N-dealkylation sites (N-methyl/N-ethyl adjacent to an activating group) is 1. The first kappa shape index (κ1) is 17.2. The average Bonchev–Trinajstić information content (AvgIpc) is 2.55. The Hall–Kier alpha value is -1.66. The van der Waals surface area contributed by atoms with Gasteiger partial charge >= 0.3 is 5.97 Å². The Bertz CT molecular complexity index is 770. The average molecular weight is 392 g/mol. The number of carbonyl (C=O) groups excluding carboxylic acids is 1. The first-order chi connectivity index (χ1) is 11.5. The summed E-state index contributed by atoms with van der Waals surface area (Å²) >= 11 is 3.54. The summed E-state index contributed by atoms with van der Waals surface area (Å²) in [5, 5.41) is 0.989. The molecule has 0 N–H and O–H groups in total. The number of piperazine rings is 1. The van der Waals surface area contributed by atoms with Crippen molar-refractivity contribution in [2.45, 2.75) is 13.8 Å². The van der Waals surface area contributed by atoms with Gasteiger partial charge in [0.25, 0.3) is 0 Å². The Morgan fingerprint density at radius 2 is 2.00 bits per heavy atom. The van der Waals surface area contributed by atoms with Crippen LogP contribution < -0.4 is 4.90 Å². The topological polar surface area (TPSA) is 45.7 Å². The molecule has 1 aliphatic rings. The van der Waals surface area contributed by atoms with E-state index in [1.54, 1.807) is 0 Å². The maximum absolute atomic E-state index is 12.6. The number of rotatable bonds is 3. The minimum atomic E-state index is -0.293. The number of halogens is 1. The molecule has 0 saturated carbocycles. The van der Waals surface area contributed by atoms with Gasteiger partial charge in [0.2, 0.25) is 0 Å². The van der Waals surface area contributed by atoms with Crippen LogP contribution in [0.4, 0.5) is 5.69 Å². The van der Waals surface area contributed by atoms with E-state index in [1.165, 1.54) is 0 Å². The summed E-state index contributed by atoms with van der Waals surface area (Å²) in [5.41, 5.74) is 3.16. The Morgan fingerprint density at radius 3 is 2.67 bits per heavy atom. The lowest BCUT2D eigenvalue weighted by atomic mass is 10.0. The van der Waals surface area contributed by atoms with Crippen LogP contribution in [0.25, 0.3) is 10.9 Å². The standard InChI is InChI=1S/C18H22BrN3O2/c1-4-24-18(23)16-12(2)20-15-6-5-13(19)11-14(15)17(16)22-9-7-21(3)8-10-22/h5-6,11H,4,7-10H2,1-3H3. The maximum atomic E-state index is 12.6. The van der Waals surface area contributed by atoms with E-state index in [4.69, 9.17) is 4.74 Å². The summed E-state index contributed by atoms with van der Waals surface area (Å²) < 4.78 is 6.29. The lowest BCUT2D eigenvalue weighted by molar-refractivity contribution is 0.0526. The summed E-state index contributed by atoms with van der Waals surface area (Å²) in [6.45, 7) is 7.78. The molecule has 0 radical (unpaired) electrons. The molecule has 0 bridgehead atoms. The summed E-state index contributed by atoms with van der Waals surface area (Å²) in [6.07, 6.45) is 0. The fourth-order valence-electron chi connectivity index (χ4n) is 3.14. The highest BCUT2D eigenvalue weighted by Gasteiger charge is 2.26. The number of aryl methyl sites for hydroxylation is 1. The van der Waals surface area contributed by atoms with Crippen LogP contribution in [-0.2, 0) is 4.74 Å². The van der Waals surface area contributed by atoms with Crippen LogP contribution in [-0.4, -0.2) is 55.7 Å². The summed E-state index contributed by atoms with van der Waals surface area (Å²) in [5.74, 6) is -0.293. The summed E-state index contributed by atoms with van der Waals surface area (Å²) in [4.78, 5) is 21.8. The molecule has 2 heterocycles. The van der Waals surface area contributed by atoms with Gasteiger partial charge in [-0.15, -0.1) is 0 Å². The molecule has 1 aromatic carbocycles. The van der Waals surface area contributed by atoms with Crippen LogP contribution in [0.1, 0.15) is 23.0 Å².